The van der Waals surface area contributed by atoms with Crippen LogP contribution in [-0.2, 0) is 21.7 Å². The van der Waals surface area contributed by atoms with E-state index in [2.05, 4.69) is 109 Å². The Morgan fingerprint density at radius 3 is 1.86 bits per heavy atom. The van der Waals surface area contributed by atoms with Crippen molar-refractivity contribution in [3.63, 3.8) is 0 Å². The van der Waals surface area contributed by atoms with E-state index < -0.39 is 0 Å². The van der Waals surface area contributed by atoms with Gasteiger partial charge in [-0.15, -0.1) is 0 Å². The summed E-state index contributed by atoms with van der Waals surface area (Å²) in [5, 5.41) is 1.02. The highest BCUT2D eigenvalue weighted by Crippen LogP contribution is 2.60. The number of fused-ring (bicyclic) bond motifs is 6. The van der Waals surface area contributed by atoms with E-state index in [4.69, 9.17) is 15.0 Å². The van der Waals surface area contributed by atoms with Crippen LogP contribution in [0.2, 0.25) is 0 Å². The third kappa shape index (κ3) is 2.93. The molecule has 0 radical (unpaired) electrons. The van der Waals surface area contributed by atoms with E-state index in [-0.39, 0.29) is 27.1 Å². The van der Waals surface area contributed by atoms with Crippen LogP contribution in [0, 0.1) is 5.41 Å². The number of rotatable bonds is 0. The van der Waals surface area contributed by atoms with Crippen molar-refractivity contribution in [2.24, 2.45) is 5.41 Å². The van der Waals surface area contributed by atoms with Gasteiger partial charge in [-0.3, -0.25) is 9.38 Å². The van der Waals surface area contributed by atoms with Gasteiger partial charge in [-0.2, -0.15) is 0 Å². The molecule has 1 aliphatic carbocycles. The zero-order valence-electron chi connectivity index (χ0n) is 24.9. The largest absolute Gasteiger partial charge is 0.280 e. The standard InChI is InChI=1S/C30H42B2N4/c1-26(2,3)17-13-16-15(14-33-17)24-35-22-20(31)18-19(29(9,10)30(11,12)28(18,7)8)21(32)23(22)36(24)25(34-16)27(4,5)6/h13-14H,31-32H2,1-12H3. The molecule has 4 aromatic rings. The molecule has 1 aliphatic rings. The molecule has 0 atom stereocenters. The fourth-order valence-corrected chi connectivity index (χ4v) is 6.78. The van der Waals surface area contributed by atoms with E-state index >= 15 is 0 Å². The minimum atomic E-state index is -0.154. The van der Waals surface area contributed by atoms with Gasteiger partial charge in [-0.1, -0.05) is 94.0 Å². The van der Waals surface area contributed by atoms with E-state index in [1.807, 2.05) is 6.20 Å². The quantitative estimate of drug-likeness (QED) is 0.356. The summed E-state index contributed by atoms with van der Waals surface area (Å²) < 4.78 is 2.35. The second-order valence-corrected chi connectivity index (χ2v) is 14.9. The van der Waals surface area contributed by atoms with Crippen molar-refractivity contribution in [2.45, 2.75) is 105 Å². The number of nitrogens with zero attached hydrogens (tertiary/aromatic N) is 4. The van der Waals surface area contributed by atoms with Crippen LogP contribution in [0.15, 0.2) is 12.3 Å². The van der Waals surface area contributed by atoms with Gasteiger partial charge in [0.05, 0.1) is 21.9 Å². The van der Waals surface area contributed by atoms with Gasteiger partial charge in [0.25, 0.3) is 0 Å². The Bertz CT molecular complexity index is 1590. The lowest BCUT2D eigenvalue weighted by Gasteiger charge is -2.45. The van der Waals surface area contributed by atoms with Crippen molar-refractivity contribution in [2.75, 3.05) is 0 Å². The van der Waals surface area contributed by atoms with Crippen molar-refractivity contribution >= 4 is 54.2 Å². The Hall–Kier alpha value is -2.36. The van der Waals surface area contributed by atoms with Gasteiger partial charge in [0.15, 0.2) is 0 Å². The summed E-state index contributed by atoms with van der Waals surface area (Å²) in [6.07, 6.45) is 1.99. The fourth-order valence-electron chi connectivity index (χ4n) is 6.78. The molecular formula is C30H42B2N4. The van der Waals surface area contributed by atoms with Gasteiger partial charge < -0.3 is 0 Å². The molecule has 0 aliphatic heterocycles. The van der Waals surface area contributed by atoms with E-state index in [0.29, 0.717) is 0 Å². The maximum atomic E-state index is 5.39. The van der Waals surface area contributed by atoms with Gasteiger partial charge in [-0.05, 0) is 33.4 Å². The molecule has 1 aromatic carbocycles. The summed E-state index contributed by atoms with van der Waals surface area (Å²) in [6, 6.07) is 2.17. The maximum absolute atomic E-state index is 5.39. The lowest BCUT2D eigenvalue weighted by Crippen LogP contribution is -2.43. The van der Waals surface area contributed by atoms with Crippen molar-refractivity contribution in [1.29, 1.82) is 0 Å². The molecule has 5 rings (SSSR count). The van der Waals surface area contributed by atoms with E-state index in [0.717, 1.165) is 33.6 Å². The van der Waals surface area contributed by atoms with Crippen LogP contribution in [-0.4, -0.2) is 35.0 Å². The zero-order chi connectivity index (χ0) is 27.0. The second kappa shape index (κ2) is 6.94. The minimum Gasteiger partial charge on any atom is -0.280 e. The van der Waals surface area contributed by atoms with Crippen molar-refractivity contribution in [3.05, 3.63) is 34.9 Å². The zero-order valence-corrected chi connectivity index (χ0v) is 24.9. The average Bonchev–Trinajstić information content (AvgIpc) is 3.18. The molecule has 0 saturated heterocycles. The predicted molar refractivity (Wildman–Crippen MR) is 159 cm³/mol. The number of imidazole rings is 1. The third-order valence-electron chi connectivity index (χ3n) is 9.96. The molecule has 6 heteroatoms. The normalized spacial score (nSPS) is 18.9. The summed E-state index contributed by atoms with van der Waals surface area (Å²) in [5.41, 5.74) is 10.9. The van der Waals surface area contributed by atoms with Gasteiger partial charge >= 0.3 is 0 Å². The SMILES string of the molecule is Bc1c2c(c(B)c3c1nc1c4cnc(C(C)(C)C)cc4nc(C(C)(C)C)n13)C(C)(C)C(C)(C)C2(C)C. The van der Waals surface area contributed by atoms with Crippen molar-refractivity contribution in [1.82, 2.24) is 19.4 Å². The van der Waals surface area contributed by atoms with Gasteiger partial charge in [0, 0.05) is 22.7 Å². The lowest BCUT2D eigenvalue weighted by atomic mass is 9.58. The molecule has 0 N–H and O–H groups in total. The molecule has 3 heterocycles. The maximum Gasteiger partial charge on any atom is 0.150 e. The first-order valence-corrected chi connectivity index (χ1v) is 13.4. The Labute approximate surface area is 218 Å². The fraction of sp³-hybridized carbons (Fsp3) is 0.567. The van der Waals surface area contributed by atoms with E-state index in [1.165, 1.54) is 27.6 Å². The minimum absolute atomic E-state index is 0.0222. The van der Waals surface area contributed by atoms with Gasteiger partial charge in [-0.25, -0.2) is 9.97 Å². The molecule has 0 amide bonds. The van der Waals surface area contributed by atoms with Crippen LogP contribution in [0.25, 0.3) is 27.6 Å². The average molecular weight is 480 g/mol. The molecular weight excluding hydrogens is 438 g/mol. The van der Waals surface area contributed by atoms with Crippen LogP contribution < -0.4 is 10.9 Å². The van der Waals surface area contributed by atoms with Gasteiger partial charge in [0.2, 0.25) is 0 Å². The number of hydrogen-bond donors (Lipinski definition) is 0. The highest BCUT2D eigenvalue weighted by Gasteiger charge is 2.58. The molecule has 0 bridgehead atoms. The van der Waals surface area contributed by atoms with Crippen LogP contribution in [0.3, 0.4) is 0 Å². The Kier molecular flexibility index (Phi) is 4.87. The molecule has 4 nitrogen and oxygen atoms in total. The number of pyridine rings is 1. The predicted octanol–water partition coefficient (Wildman–Crippen LogP) is 4.14. The summed E-state index contributed by atoms with van der Waals surface area (Å²) in [4.78, 5) is 15.6. The Morgan fingerprint density at radius 2 is 1.33 bits per heavy atom. The van der Waals surface area contributed by atoms with Gasteiger partial charge in [0.1, 0.15) is 27.2 Å². The van der Waals surface area contributed by atoms with Crippen molar-refractivity contribution < 1.29 is 0 Å². The van der Waals surface area contributed by atoms with Crippen LogP contribution in [0.1, 0.15) is 106 Å². The van der Waals surface area contributed by atoms with Crippen LogP contribution >= 0.6 is 0 Å². The molecule has 0 unspecified atom stereocenters. The topological polar surface area (TPSA) is 43.1 Å². The molecule has 0 spiro atoms. The number of aromatic nitrogens is 4. The van der Waals surface area contributed by atoms with E-state index in [9.17, 15) is 0 Å². The number of hydrogen-bond acceptors (Lipinski definition) is 3. The smallest absolute Gasteiger partial charge is 0.150 e. The summed E-state index contributed by atoms with van der Waals surface area (Å²) in [6.45, 7) is 27.9. The summed E-state index contributed by atoms with van der Waals surface area (Å²) >= 11 is 0. The summed E-state index contributed by atoms with van der Waals surface area (Å²) in [5.74, 6) is 1.05. The first-order chi connectivity index (χ1) is 16.2. The third-order valence-corrected chi connectivity index (χ3v) is 9.96. The van der Waals surface area contributed by atoms with E-state index in [1.54, 1.807) is 0 Å². The first kappa shape index (κ1) is 25.3. The number of benzene rings is 1. The molecule has 188 valence electrons. The Balaban J connectivity index is 2.04. The second-order valence-electron chi connectivity index (χ2n) is 14.9. The monoisotopic (exact) mass is 480 g/mol. The molecule has 0 fully saturated rings. The molecule has 3 aromatic heterocycles. The van der Waals surface area contributed by atoms with Crippen LogP contribution in [0.5, 0.6) is 0 Å². The van der Waals surface area contributed by atoms with Crippen molar-refractivity contribution in [3.8, 4) is 0 Å². The van der Waals surface area contributed by atoms with Crippen LogP contribution in [0.4, 0.5) is 0 Å². The Morgan fingerprint density at radius 1 is 0.778 bits per heavy atom. The first-order valence-electron chi connectivity index (χ1n) is 13.4. The highest BCUT2D eigenvalue weighted by molar-refractivity contribution is 6.46. The lowest BCUT2D eigenvalue weighted by molar-refractivity contribution is 0.125. The molecule has 36 heavy (non-hydrogen) atoms. The summed E-state index contributed by atoms with van der Waals surface area (Å²) in [7, 11) is 4.60. The highest BCUT2D eigenvalue weighted by atomic mass is 15.1. The molecule has 0 saturated carbocycles.